The van der Waals surface area contributed by atoms with Crippen molar-refractivity contribution < 1.29 is 4.42 Å². The normalized spacial score (nSPS) is 12.0. The number of hydrogen-bond acceptors (Lipinski definition) is 3. The van der Waals surface area contributed by atoms with Gasteiger partial charge in [-0.2, -0.15) is 0 Å². The summed E-state index contributed by atoms with van der Waals surface area (Å²) in [4.78, 5) is 9.23. The molecule has 232 valence electrons. The number of hydrogen-bond donors (Lipinski definition) is 0. The summed E-state index contributed by atoms with van der Waals surface area (Å²) in [6.45, 7) is 0. The van der Waals surface area contributed by atoms with E-state index in [1.54, 1.807) is 12.4 Å². The van der Waals surface area contributed by atoms with E-state index < -0.39 is 0 Å². The van der Waals surface area contributed by atoms with Crippen molar-refractivity contribution in [3.05, 3.63) is 164 Å². The second-order valence-electron chi connectivity index (χ2n) is 12.9. The maximum absolute atomic E-state index is 7.16. The summed E-state index contributed by atoms with van der Waals surface area (Å²) in [6.07, 6.45) is 3.57. The van der Waals surface area contributed by atoms with Crippen molar-refractivity contribution in [1.29, 1.82) is 0 Å². The Labute approximate surface area is 286 Å². The minimum atomic E-state index is 0.648. The molecule has 0 saturated heterocycles. The first kappa shape index (κ1) is 27.2. The molecule has 0 unspecified atom stereocenters. The molecule has 11 rings (SSSR count). The predicted octanol–water partition coefficient (Wildman–Crippen LogP) is 12.3. The van der Waals surface area contributed by atoms with Gasteiger partial charge in [-0.3, -0.25) is 0 Å². The van der Waals surface area contributed by atoms with Crippen molar-refractivity contribution >= 4 is 76.1 Å². The van der Waals surface area contributed by atoms with Crippen LogP contribution in [0.25, 0.3) is 104 Å². The number of nitrogens with zero attached hydrogens (tertiary/aromatic N) is 3. The van der Waals surface area contributed by atoms with Crippen molar-refractivity contribution in [2.45, 2.75) is 0 Å². The third-order valence-electron chi connectivity index (χ3n) is 10.3. The van der Waals surface area contributed by atoms with Gasteiger partial charge in [0.05, 0.1) is 22.0 Å². The Kier molecular flexibility index (Phi) is 5.63. The second kappa shape index (κ2) is 10.4. The molecule has 3 heterocycles. The van der Waals surface area contributed by atoms with Gasteiger partial charge in [0, 0.05) is 45.0 Å². The van der Waals surface area contributed by atoms with E-state index in [9.17, 15) is 0 Å². The smallest absolute Gasteiger partial charge is 0.162 e. The largest absolute Gasteiger partial charge is 0.455 e. The summed E-state index contributed by atoms with van der Waals surface area (Å²) < 4.78 is 9.64. The van der Waals surface area contributed by atoms with Crippen LogP contribution in [0.3, 0.4) is 0 Å². The number of furan rings is 1. The van der Waals surface area contributed by atoms with Gasteiger partial charge >= 0.3 is 0 Å². The van der Waals surface area contributed by atoms with Gasteiger partial charge in [0.2, 0.25) is 0 Å². The van der Waals surface area contributed by atoms with Crippen LogP contribution in [0.1, 0.15) is 0 Å². The van der Waals surface area contributed by atoms with Crippen LogP contribution in [0.2, 0.25) is 0 Å². The van der Waals surface area contributed by atoms with E-state index in [-0.39, 0.29) is 0 Å². The van der Waals surface area contributed by atoms with E-state index in [0.29, 0.717) is 5.82 Å². The lowest BCUT2D eigenvalue weighted by molar-refractivity contribution is 0.673. The quantitative estimate of drug-likeness (QED) is 0.181. The Morgan fingerprint density at radius 2 is 0.920 bits per heavy atom. The van der Waals surface area contributed by atoms with E-state index in [2.05, 4.69) is 160 Å². The van der Waals surface area contributed by atoms with E-state index >= 15 is 0 Å². The van der Waals surface area contributed by atoms with Gasteiger partial charge in [-0.25, -0.2) is 9.97 Å². The summed E-state index contributed by atoms with van der Waals surface area (Å²) in [7, 11) is 0. The van der Waals surface area contributed by atoms with E-state index in [4.69, 9.17) is 4.42 Å². The fourth-order valence-corrected chi connectivity index (χ4v) is 8.20. The highest BCUT2D eigenvalue weighted by molar-refractivity contribution is 6.41. The zero-order valence-corrected chi connectivity index (χ0v) is 26.8. The molecule has 0 aliphatic carbocycles. The first-order chi connectivity index (χ1) is 24.8. The molecule has 0 amide bonds. The number of aromatic nitrogens is 3. The molecular formula is C46H27N3O. The van der Waals surface area contributed by atoms with Gasteiger partial charge in [-0.15, -0.1) is 0 Å². The molecule has 11 aromatic rings. The van der Waals surface area contributed by atoms with Gasteiger partial charge in [0.25, 0.3) is 0 Å². The number of rotatable bonds is 3. The molecule has 4 heteroatoms. The lowest BCUT2D eigenvalue weighted by Crippen LogP contribution is -1.96. The Morgan fingerprint density at radius 1 is 0.380 bits per heavy atom. The summed E-state index contributed by atoms with van der Waals surface area (Å²) in [5.41, 5.74) is 8.35. The first-order valence-electron chi connectivity index (χ1n) is 16.9. The van der Waals surface area contributed by atoms with E-state index in [1.807, 2.05) is 6.07 Å². The summed E-state index contributed by atoms with van der Waals surface area (Å²) in [5, 5.41) is 11.7. The lowest BCUT2D eigenvalue weighted by Gasteiger charge is -2.13. The molecule has 50 heavy (non-hydrogen) atoms. The van der Waals surface area contributed by atoms with Crippen LogP contribution in [0.5, 0.6) is 0 Å². The Balaban J connectivity index is 1.40. The molecule has 4 nitrogen and oxygen atoms in total. The van der Waals surface area contributed by atoms with Gasteiger partial charge in [-0.1, -0.05) is 127 Å². The second-order valence-corrected chi connectivity index (χ2v) is 12.9. The summed E-state index contributed by atoms with van der Waals surface area (Å²) in [6, 6.07) is 54.1. The molecule has 0 aliphatic rings. The molecule has 0 atom stereocenters. The van der Waals surface area contributed by atoms with E-state index in [1.165, 1.54) is 49.0 Å². The molecule has 0 radical (unpaired) electrons. The molecule has 0 bridgehead atoms. The Morgan fingerprint density at radius 3 is 1.64 bits per heavy atom. The fourth-order valence-electron chi connectivity index (χ4n) is 8.20. The third-order valence-corrected chi connectivity index (χ3v) is 10.3. The maximum Gasteiger partial charge on any atom is 0.162 e. The molecule has 0 spiro atoms. The molecule has 0 N–H and O–H groups in total. The minimum Gasteiger partial charge on any atom is -0.455 e. The van der Waals surface area contributed by atoms with Crippen LogP contribution < -0.4 is 0 Å². The highest BCUT2D eigenvalue weighted by Crippen LogP contribution is 2.50. The Hall–Kier alpha value is -6.78. The molecule has 8 aromatic carbocycles. The highest BCUT2D eigenvalue weighted by Gasteiger charge is 2.26. The van der Waals surface area contributed by atoms with Crippen molar-refractivity contribution in [1.82, 2.24) is 14.5 Å². The fraction of sp³-hybridized carbons (Fsp3) is 0. The van der Waals surface area contributed by atoms with Crippen molar-refractivity contribution in [3.63, 3.8) is 0 Å². The zero-order valence-electron chi connectivity index (χ0n) is 26.8. The van der Waals surface area contributed by atoms with Crippen LogP contribution >= 0.6 is 0 Å². The van der Waals surface area contributed by atoms with Crippen LogP contribution in [-0.4, -0.2) is 14.5 Å². The summed E-state index contributed by atoms with van der Waals surface area (Å²) >= 11 is 0. The topological polar surface area (TPSA) is 43.9 Å². The minimum absolute atomic E-state index is 0.648. The average molecular weight is 638 g/mol. The van der Waals surface area contributed by atoms with Gasteiger partial charge < -0.3 is 8.98 Å². The standard InChI is InChI=1S/C46H27N3O/c1-2-12-28(13-3-1)29-22-24-30(25-23-29)49-42-35-18-8-5-15-32(35)31-14-4-6-16-33(31)40(42)41-43(49)36-19-9-7-17-34(36)39-37-20-10-21-38(44(37)50-45(39)41)46-47-26-11-27-48-46/h1-27H. The first-order valence-corrected chi connectivity index (χ1v) is 16.9. The maximum atomic E-state index is 7.16. The molecule has 0 aliphatic heterocycles. The van der Waals surface area contributed by atoms with Gasteiger partial charge in [-0.05, 0) is 56.9 Å². The van der Waals surface area contributed by atoms with Crippen LogP contribution in [0.4, 0.5) is 0 Å². The van der Waals surface area contributed by atoms with Crippen molar-refractivity contribution in [3.8, 4) is 28.2 Å². The summed E-state index contributed by atoms with van der Waals surface area (Å²) in [5.74, 6) is 0.648. The van der Waals surface area contributed by atoms with Crippen LogP contribution in [0.15, 0.2) is 168 Å². The van der Waals surface area contributed by atoms with Gasteiger partial charge in [0.15, 0.2) is 5.82 Å². The number of para-hydroxylation sites is 1. The van der Waals surface area contributed by atoms with Crippen molar-refractivity contribution in [2.75, 3.05) is 0 Å². The van der Waals surface area contributed by atoms with Crippen molar-refractivity contribution in [2.24, 2.45) is 0 Å². The van der Waals surface area contributed by atoms with E-state index in [0.717, 1.165) is 49.5 Å². The van der Waals surface area contributed by atoms with Crippen LogP contribution in [-0.2, 0) is 0 Å². The molecule has 3 aromatic heterocycles. The van der Waals surface area contributed by atoms with Gasteiger partial charge in [0.1, 0.15) is 11.2 Å². The lowest BCUT2D eigenvalue weighted by atomic mass is 9.94. The highest BCUT2D eigenvalue weighted by atomic mass is 16.3. The average Bonchev–Trinajstić information content (AvgIpc) is 3.77. The zero-order chi connectivity index (χ0) is 32.8. The Bertz CT molecular complexity index is 3120. The third kappa shape index (κ3) is 3.70. The monoisotopic (exact) mass is 637 g/mol. The molecule has 0 saturated carbocycles. The van der Waals surface area contributed by atoms with Crippen LogP contribution in [0, 0.1) is 0 Å². The molecular weight excluding hydrogens is 611 g/mol. The predicted molar refractivity (Wildman–Crippen MR) is 207 cm³/mol. The number of benzene rings is 8. The SMILES string of the molecule is c1ccc(-c2ccc(-n3c4c5ccccc5c5ccccc5c4c4c5oc6c(-c7ncccn7)cccc6c5c5ccccc5c43)cc2)cc1. The number of fused-ring (bicyclic) bond motifs is 15. The molecule has 0 fully saturated rings.